The van der Waals surface area contributed by atoms with Gasteiger partial charge in [-0.1, -0.05) is 58.9 Å². The summed E-state index contributed by atoms with van der Waals surface area (Å²) in [5.41, 5.74) is 1.72. The van der Waals surface area contributed by atoms with Crippen molar-refractivity contribution in [2.24, 2.45) is 11.1 Å². The molecule has 2 fully saturated rings. The molecule has 1 saturated carbocycles. The highest BCUT2D eigenvalue weighted by atomic mass is 16.6. The van der Waals surface area contributed by atoms with Crippen LogP contribution in [0.15, 0.2) is 81.6 Å². The number of nitrogens with zero attached hydrogens (tertiary/aromatic N) is 7. The molecule has 2 N–H and O–H groups in total. The average Bonchev–Trinajstić information content (AvgIpc) is 3.59. The lowest BCUT2D eigenvalue weighted by Crippen LogP contribution is -2.53. The van der Waals surface area contributed by atoms with Crippen molar-refractivity contribution in [1.29, 1.82) is 0 Å². The second kappa shape index (κ2) is 10.5. The van der Waals surface area contributed by atoms with E-state index in [4.69, 9.17) is 9.57 Å². The number of oxime groups is 1. The Kier molecular flexibility index (Phi) is 6.64. The maximum Gasteiger partial charge on any atom is 0.352 e. The normalized spacial score (nSPS) is 26.6. The van der Waals surface area contributed by atoms with Gasteiger partial charge in [-0.2, -0.15) is 0 Å². The predicted molar refractivity (Wildman–Crippen MR) is 149 cm³/mol. The highest BCUT2D eigenvalue weighted by Gasteiger charge is 2.61. The summed E-state index contributed by atoms with van der Waals surface area (Å²) in [6, 6.07) is 17.6. The molecule has 0 unspecified atom stereocenters. The van der Waals surface area contributed by atoms with E-state index >= 15 is 0 Å². The van der Waals surface area contributed by atoms with Crippen LogP contribution in [0.3, 0.4) is 0 Å². The largest absolute Gasteiger partial charge is 0.394 e. The third-order valence-corrected chi connectivity index (χ3v) is 8.46. The van der Waals surface area contributed by atoms with Gasteiger partial charge < -0.3 is 19.8 Å². The molecular formula is C29H31N7O6. The van der Waals surface area contributed by atoms with Crippen LogP contribution < -0.4 is 11.4 Å². The van der Waals surface area contributed by atoms with Crippen molar-refractivity contribution in [3.63, 3.8) is 0 Å². The molecule has 1 aliphatic carbocycles. The quantitative estimate of drug-likeness (QED) is 0.234. The maximum absolute atomic E-state index is 13.6. The second-order valence-electron chi connectivity index (χ2n) is 11.0. The minimum atomic E-state index is -0.980. The zero-order valence-corrected chi connectivity index (χ0v) is 22.9. The minimum Gasteiger partial charge on any atom is -0.394 e. The van der Waals surface area contributed by atoms with Crippen LogP contribution in [0.1, 0.15) is 42.8 Å². The lowest BCUT2D eigenvalue weighted by atomic mass is 9.78. The van der Waals surface area contributed by atoms with E-state index in [1.54, 1.807) is 42.1 Å². The van der Waals surface area contributed by atoms with Crippen LogP contribution in [-0.2, 0) is 22.5 Å². The summed E-state index contributed by atoms with van der Waals surface area (Å²) in [5, 5.41) is 34.1. The number of fused-ring (bicyclic) bond motifs is 4. The third-order valence-electron chi connectivity index (χ3n) is 8.46. The van der Waals surface area contributed by atoms with Crippen LogP contribution in [-0.4, -0.2) is 69.8 Å². The summed E-state index contributed by atoms with van der Waals surface area (Å²) in [7, 11) is 0. The number of hydrogen-bond acceptors (Lipinski definition) is 9. The molecule has 0 amide bonds. The van der Waals surface area contributed by atoms with E-state index in [2.05, 4.69) is 15.5 Å². The Balaban J connectivity index is 1.13. The topological polar surface area (TPSA) is 154 Å². The fraction of sp³-hybridized carbons (Fsp3) is 0.414. The van der Waals surface area contributed by atoms with E-state index < -0.39 is 41.8 Å². The molecule has 218 valence electrons. The van der Waals surface area contributed by atoms with Crippen molar-refractivity contribution < 1.29 is 19.8 Å². The van der Waals surface area contributed by atoms with Gasteiger partial charge in [0.05, 0.1) is 36.3 Å². The minimum absolute atomic E-state index is 0.0997. The van der Waals surface area contributed by atoms with E-state index in [0.717, 1.165) is 10.1 Å². The van der Waals surface area contributed by atoms with Crippen LogP contribution in [0.25, 0.3) is 5.69 Å². The molecule has 7 atom stereocenters. The Hall–Kier alpha value is -4.33. The van der Waals surface area contributed by atoms with E-state index in [-0.39, 0.29) is 25.1 Å². The van der Waals surface area contributed by atoms with Gasteiger partial charge in [0.1, 0.15) is 24.0 Å². The van der Waals surface area contributed by atoms with Gasteiger partial charge in [-0.15, -0.1) is 5.10 Å². The monoisotopic (exact) mass is 573 g/mol. The number of para-hydroxylation sites is 1. The Labute approximate surface area is 239 Å². The molecular weight excluding hydrogens is 542 g/mol. The van der Waals surface area contributed by atoms with Crippen molar-refractivity contribution >= 4 is 5.71 Å². The van der Waals surface area contributed by atoms with Crippen LogP contribution in [0, 0.1) is 5.92 Å². The number of ether oxygens (including phenoxy) is 1. The number of aliphatic hydroxyl groups excluding tert-OH is 2. The summed E-state index contributed by atoms with van der Waals surface area (Å²) >= 11 is 0. The van der Waals surface area contributed by atoms with Gasteiger partial charge in [0.25, 0.3) is 0 Å². The molecule has 13 heteroatoms. The van der Waals surface area contributed by atoms with E-state index in [1.165, 1.54) is 9.36 Å². The lowest BCUT2D eigenvalue weighted by molar-refractivity contribution is 0.0291. The first-order chi connectivity index (χ1) is 20.5. The van der Waals surface area contributed by atoms with Crippen molar-refractivity contribution in [3.05, 3.63) is 99.1 Å². The Morgan fingerprint density at radius 1 is 1.10 bits per heavy atom. The molecule has 42 heavy (non-hydrogen) atoms. The van der Waals surface area contributed by atoms with E-state index in [9.17, 15) is 19.8 Å². The first kappa shape index (κ1) is 26.6. The van der Waals surface area contributed by atoms with Gasteiger partial charge in [0.15, 0.2) is 6.10 Å². The number of aromatic nitrogens is 6. The van der Waals surface area contributed by atoms with E-state index in [1.807, 2.05) is 36.4 Å². The number of epoxide rings is 1. The molecule has 7 rings (SSSR count). The van der Waals surface area contributed by atoms with Crippen LogP contribution >= 0.6 is 0 Å². The molecule has 4 aromatic rings. The molecule has 0 spiro atoms. The molecule has 2 aliphatic heterocycles. The predicted octanol–water partition coefficient (Wildman–Crippen LogP) is 1.00. The average molecular weight is 574 g/mol. The van der Waals surface area contributed by atoms with Crippen LogP contribution in [0.2, 0.25) is 0 Å². The molecule has 2 aromatic heterocycles. The highest BCUT2D eigenvalue weighted by Crippen LogP contribution is 2.46. The summed E-state index contributed by atoms with van der Waals surface area (Å²) < 4.78 is 11.3. The summed E-state index contributed by atoms with van der Waals surface area (Å²) in [6.07, 6.45) is 0.321. The SMILES string of the molecule is C[C@@H](O/N=C1/[C@H]2CCn3c(=O)n(-c4ccccc4)c(=O)n3[C@H]2[C@H](O)[C@@H]2O[C@H]12)c1cn([C@H](CO)Cc2ccccc2)nn1. The van der Waals surface area contributed by atoms with Crippen LogP contribution in [0.4, 0.5) is 0 Å². The van der Waals surface area contributed by atoms with Gasteiger partial charge in [-0.3, -0.25) is 0 Å². The van der Waals surface area contributed by atoms with Gasteiger partial charge in [0.2, 0.25) is 0 Å². The third kappa shape index (κ3) is 4.40. The molecule has 13 nitrogen and oxygen atoms in total. The summed E-state index contributed by atoms with van der Waals surface area (Å²) in [6.45, 7) is 1.98. The second-order valence-corrected chi connectivity index (χ2v) is 11.0. The first-order valence-corrected chi connectivity index (χ1v) is 14.1. The first-order valence-electron chi connectivity index (χ1n) is 14.1. The standard InChI is InChI=1S/C29H31N7O6/c1-17(22-15-33(32-30-22)20(16-37)14-18-8-4-2-5-9-18)42-31-23-21-12-13-34-28(39)35(19-10-6-3-7-11-19)29(40)36(34)24(21)25(38)27-26(23)41-27/h2-11,15,17,20-21,24-27,37-38H,12-14,16H2,1H3/b31-23-/t17-,20+,21-,24-,25+,26-,27+/m1/s1. The highest BCUT2D eigenvalue weighted by molar-refractivity contribution is 5.94. The zero-order valence-electron chi connectivity index (χ0n) is 22.9. The number of aliphatic hydroxyl groups is 2. The number of benzene rings is 2. The summed E-state index contributed by atoms with van der Waals surface area (Å²) in [4.78, 5) is 32.7. The maximum atomic E-state index is 13.6. The molecule has 2 aromatic carbocycles. The van der Waals surface area contributed by atoms with Gasteiger partial charge in [-0.25, -0.2) is 28.2 Å². The Bertz CT molecular complexity index is 1730. The molecule has 0 radical (unpaired) electrons. The molecule has 4 heterocycles. The number of rotatable bonds is 8. The summed E-state index contributed by atoms with van der Waals surface area (Å²) in [5.74, 6) is -0.361. The van der Waals surface area contributed by atoms with Crippen LogP contribution in [0.5, 0.6) is 0 Å². The fourth-order valence-corrected chi connectivity index (χ4v) is 6.22. The lowest BCUT2D eigenvalue weighted by Gasteiger charge is -2.38. The molecule has 1 saturated heterocycles. The van der Waals surface area contributed by atoms with Gasteiger partial charge in [-0.05, 0) is 37.5 Å². The molecule has 0 bridgehead atoms. The van der Waals surface area contributed by atoms with Crippen molar-refractivity contribution in [1.82, 2.24) is 28.9 Å². The molecule has 3 aliphatic rings. The Morgan fingerprint density at radius 2 is 1.83 bits per heavy atom. The smallest absolute Gasteiger partial charge is 0.352 e. The van der Waals surface area contributed by atoms with Crippen molar-refractivity contribution in [3.8, 4) is 5.69 Å². The Morgan fingerprint density at radius 3 is 2.57 bits per heavy atom. The van der Waals surface area contributed by atoms with Crippen molar-refractivity contribution in [2.45, 2.75) is 62.8 Å². The van der Waals surface area contributed by atoms with Crippen molar-refractivity contribution in [2.75, 3.05) is 6.61 Å². The van der Waals surface area contributed by atoms with Gasteiger partial charge >= 0.3 is 11.4 Å². The zero-order chi connectivity index (χ0) is 29.0. The van der Waals surface area contributed by atoms with E-state index in [0.29, 0.717) is 29.9 Å². The van der Waals surface area contributed by atoms with Gasteiger partial charge in [0, 0.05) is 12.5 Å². The number of hydrogen-bond donors (Lipinski definition) is 2. The fourth-order valence-electron chi connectivity index (χ4n) is 6.22.